The number of aliphatic carboxylic acids is 1. The fraction of sp³-hybridized carbons (Fsp3) is 0.920. The van der Waals surface area contributed by atoms with E-state index in [2.05, 4.69) is 22.5 Å². The Hall–Kier alpha value is -1.10. The van der Waals surface area contributed by atoms with Gasteiger partial charge in [-0.05, 0) is 45.1 Å². The Morgan fingerprint density at radius 1 is 1.29 bits per heavy atom. The zero-order chi connectivity index (χ0) is 25.0. The maximum Gasteiger partial charge on any atom is 0.306 e. The van der Waals surface area contributed by atoms with Crippen molar-refractivity contribution in [3.05, 3.63) is 0 Å². The number of nitrogens with zero attached hydrogens (tertiary/aromatic N) is 1. The van der Waals surface area contributed by atoms with Crippen molar-refractivity contribution in [1.82, 2.24) is 10.6 Å². The number of rotatable bonds is 17. The molecule has 0 aromatic heterocycles. The lowest BCUT2D eigenvalue weighted by Crippen LogP contribution is -3.16. The van der Waals surface area contributed by atoms with Gasteiger partial charge < -0.3 is 36.0 Å². The molecule has 2 aliphatic heterocycles. The highest BCUT2D eigenvalue weighted by atomic mass is 16.4. The summed E-state index contributed by atoms with van der Waals surface area (Å²) in [7, 11) is 0. The quantitative estimate of drug-likeness (QED) is 0.143. The maximum atomic E-state index is 11.1. The van der Waals surface area contributed by atoms with E-state index in [1.807, 2.05) is 13.1 Å². The molecule has 2 heterocycles. The summed E-state index contributed by atoms with van der Waals surface area (Å²) in [6, 6.07) is 0.935. The van der Waals surface area contributed by atoms with Crippen molar-refractivity contribution in [2.24, 2.45) is 10.9 Å². The van der Waals surface area contributed by atoms with Gasteiger partial charge >= 0.3 is 5.97 Å². The molecule has 0 bridgehead atoms. The lowest BCUT2D eigenvalue weighted by Gasteiger charge is -2.41. The van der Waals surface area contributed by atoms with Crippen LogP contribution in [0.5, 0.6) is 0 Å². The fourth-order valence-corrected chi connectivity index (χ4v) is 5.45. The highest BCUT2D eigenvalue weighted by Gasteiger charge is 2.39. The van der Waals surface area contributed by atoms with E-state index in [0.717, 1.165) is 58.2 Å². The van der Waals surface area contributed by atoms with Crippen LogP contribution in [-0.2, 0) is 4.79 Å². The molecule has 7 N–H and O–H groups in total. The monoisotopic (exact) mass is 485 g/mol. The SMILES string of the molecule is CCNC[C@@](O)(CC[C@H](CO)CCCCCC[C@H]1N[C@@H](C)[C@H](O)C[C@@H]1[NH+]1CC=NC1)CC(=O)O. The van der Waals surface area contributed by atoms with Gasteiger partial charge in [-0.1, -0.05) is 32.6 Å². The third-order valence-corrected chi connectivity index (χ3v) is 7.67. The van der Waals surface area contributed by atoms with Crippen molar-refractivity contribution >= 4 is 12.2 Å². The van der Waals surface area contributed by atoms with E-state index in [-0.39, 0.29) is 37.6 Å². The molecule has 0 spiro atoms. The van der Waals surface area contributed by atoms with E-state index in [0.29, 0.717) is 31.5 Å². The molecule has 0 aromatic rings. The molecular weight excluding hydrogens is 436 g/mol. The number of quaternary nitrogens is 1. The van der Waals surface area contributed by atoms with E-state index in [1.54, 1.807) is 0 Å². The van der Waals surface area contributed by atoms with Gasteiger partial charge in [-0.15, -0.1) is 0 Å². The van der Waals surface area contributed by atoms with Gasteiger partial charge in [0.15, 0.2) is 6.67 Å². The molecule has 0 saturated carbocycles. The lowest BCUT2D eigenvalue weighted by molar-refractivity contribution is -0.914. The van der Waals surface area contributed by atoms with Crippen LogP contribution in [0.25, 0.3) is 0 Å². The predicted octanol–water partition coefficient (Wildman–Crippen LogP) is -0.0623. The number of unbranched alkanes of at least 4 members (excludes halogenated alkanes) is 3. The topological polar surface area (TPSA) is 139 Å². The minimum atomic E-state index is -1.27. The first-order chi connectivity index (χ1) is 16.3. The van der Waals surface area contributed by atoms with Crippen LogP contribution in [0.4, 0.5) is 0 Å². The number of likely N-dealkylation sites (N-methyl/N-ethyl adjacent to an activating group) is 1. The van der Waals surface area contributed by atoms with E-state index in [4.69, 9.17) is 5.11 Å². The summed E-state index contributed by atoms with van der Waals surface area (Å²) < 4.78 is 0. The van der Waals surface area contributed by atoms with Crippen molar-refractivity contribution in [3.8, 4) is 0 Å². The molecule has 0 amide bonds. The predicted molar refractivity (Wildman–Crippen MR) is 133 cm³/mol. The average molecular weight is 486 g/mol. The molecule has 1 saturated heterocycles. The number of hydrogen-bond donors (Lipinski definition) is 7. The Bertz CT molecular complexity index is 614. The van der Waals surface area contributed by atoms with Gasteiger partial charge in [-0.25, -0.2) is 4.99 Å². The van der Waals surface area contributed by atoms with Crippen molar-refractivity contribution < 1.29 is 30.1 Å². The van der Waals surface area contributed by atoms with E-state index >= 15 is 0 Å². The summed E-state index contributed by atoms with van der Waals surface area (Å²) >= 11 is 0. The number of aliphatic hydroxyl groups is 3. The van der Waals surface area contributed by atoms with Crippen molar-refractivity contribution in [2.45, 2.75) is 108 Å². The Balaban J connectivity index is 1.67. The largest absolute Gasteiger partial charge is 0.481 e. The molecule has 1 fully saturated rings. The molecule has 9 nitrogen and oxygen atoms in total. The number of hydrogen-bond acceptors (Lipinski definition) is 7. The number of piperidine rings is 1. The van der Waals surface area contributed by atoms with E-state index in [1.165, 1.54) is 4.90 Å². The second kappa shape index (κ2) is 15.1. The van der Waals surface area contributed by atoms with Crippen LogP contribution in [0.2, 0.25) is 0 Å². The summed E-state index contributed by atoms with van der Waals surface area (Å²) in [5, 5.41) is 46.6. The van der Waals surface area contributed by atoms with Gasteiger partial charge in [0.25, 0.3) is 0 Å². The second-order valence-electron chi connectivity index (χ2n) is 10.5. The first-order valence-corrected chi connectivity index (χ1v) is 13.3. The normalized spacial score (nSPS) is 29.7. The Kier molecular flexibility index (Phi) is 12.9. The van der Waals surface area contributed by atoms with Crippen LogP contribution in [0.3, 0.4) is 0 Å². The van der Waals surface area contributed by atoms with Gasteiger partial charge in [0.2, 0.25) is 0 Å². The highest BCUT2D eigenvalue weighted by Crippen LogP contribution is 2.24. The van der Waals surface area contributed by atoms with Crippen LogP contribution < -0.4 is 15.5 Å². The van der Waals surface area contributed by atoms with Crippen molar-refractivity contribution in [2.75, 3.05) is 32.9 Å². The molecule has 0 radical (unpaired) electrons. The summed E-state index contributed by atoms with van der Waals surface area (Å²) in [6.07, 6.45) is 9.63. The van der Waals surface area contributed by atoms with Gasteiger partial charge in [0.1, 0.15) is 12.6 Å². The molecule has 198 valence electrons. The van der Waals surface area contributed by atoms with Gasteiger partial charge in [-0.3, -0.25) is 4.79 Å². The van der Waals surface area contributed by atoms with Crippen LogP contribution in [0.1, 0.15) is 78.1 Å². The molecule has 1 unspecified atom stereocenters. The minimum absolute atomic E-state index is 0.0684. The second-order valence-corrected chi connectivity index (χ2v) is 10.5. The lowest BCUT2D eigenvalue weighted by atomic mass is 9.86. The molecule has 9 heteroatoms. The molecular formula is C25H49N4O5+. The number of nitrogens with one attached hydrogen (secondary N) is 3. The number of aliphatic hydroxyl groups excluding tert-OH is 2. The third kappa shape index (κ3) is 9.87. The molecule has 0 aliphatic carbocycles. The van der Waals surface area contributed by atoms with Crippen LogP contribution in [0, 0.1) is 5.92 Å². The van der Waals surface area contributed by atoms with Crippen LogP contribution in [-0.4, -0.2) is 95.4 Å². The first-order valence-electron chi connectivity index (χ1n) is 13.3. The highest BCUT2D eigenvalue weighted by molar-refractivity contribution is 5.68. The van der Waals surface area contributed by atoms with Crippen molar-refractivity contribution in [3.63, 3.8) is 0 Å². The zero-order valence-electron chi connectivity index (χ0n) is 21.2. The molecule has 34 heavy (non-hydrogen) atoms. The van der Waals surface area contributed by atoms with Crippen molar-refractivity contribution in [1.29, 1.82) is 0 Å². The standard InChI is InChI=1S/C25H48N4O5/c1-3-26-17-25(34,15-24(32)33)11-10-20(16-30)8-6-4-5-7-9-21-22(29-13-12-27-18-29)14-23(31)19(2)28-21/h12,19-23,26,28,30-31,34H,3-11,13-18H2,1-2H3,(H,32,33)/p+1/t19-,20+,21+,22-,23+,25+/m0/s1. The minimum Gasteiger partial charge on any atom is -0.481 e. The van der Waals surface area contributed by atoms with E-state index < -0.39 is 11.6 Å². The first kappa shape index (κ1) is 29.1. The molecule has 2 aliphatic rings. The molecule has 7 atom stereocenters. The van der Waals surface area contributed by atoms with Crippen LogP contribution >= 0.6 is 0 Å². The summed E-state index contributed by atoms with van der Waals surface area (Å²) in [5.74, 6) is -0.911. The van der Waals surface area contributed by atoms with Gasteiger partial charge in [0, 0.05) is 25.6 Å². The van der Waals surface area contributed by atoms with Gasteiger partial charge in [0.05, 0.1) is 30.4 Å². The number of carbonyl (C=O) groups is 1. The van der Waals surface area contributed by atoms with E-state index in [9.17, 15) is 20.1 Å². The Labute approximate surface area is 205 Å². The molecule has 2 rings (SSSR count). The smallest absolute Gasteiger partial charge is 0.306 e. The Morgan fingerprint density at radius 2 is 2.06 bits per heavy atom. The number of carboxylic acids is 1. The Morgan fingerprint density at radius 3 is 2.71 bits per heavy atom. The fourth-order valence-electron chi connectivity index (χ4n) is 5.45. The zero-order valence-corrected chi connectivity index (χ0v) is 21.2. The summed E-state index contributed by atoms with van der Waals surface area (Å²) in [5.41, 5.74) is -1.27. The van der Waals surface area contributed by atoms with Gasteiger partial charge in [-0.2, -0.15) is 0 Å². The summed E-state index contributed by atoms with van der Waals surface area (Å²) in [6.45, 7) is 6.74. The average Bonchev–Trinajstić information content (AvgIpc) is 3.33. The number of carboxylic acid groups (broad SMARTS) is 1. The third-order valence-electron chi connectivity index (χ3n) is 7.67. The number of aliphatic imine (C=N–C) groups is 1. The summed E-state index contributed by atoms with van der Waals surface area (Å²) in [4.78, 5) is 17.0. The maximum absolute atomic E-state index is 11.1. The molecule has 0 aromatic carbocycles. The van der Waals surface area contributed by atoms with Crippen LogP contribution in [0.15, 0.2) is 4.99 Å².